The van der Waals surface area contributed by atoms with Gasteiger partial charge in [0.05, 0.1) is 4.58 Å². The van der Waals surface area contributed by atoms with E-state index in [4.69, 9.17) is 0 Å². The van der Waals surface area contributed by atoms with Crippen LogP contribution >= 0.6 is 23.5 Å². The van der Waals surface area contributed by atoms with Crippen LogP contribution in [0.1, 0.15) is 39.4 Å². The third kappa shape index (κ3) is 4.83. The fourth-order valence-electron chi connectivity index (χ4n) is 2.75. The van der Waals surface area contributed by atoms with E-state index in [2.05, 4.69) is 22.8 Å². The van der Waals surface area contributed by atoms with E-state index in [1.807, 2.05) is 48.6 Å². The number of anilines is 2. The number of amides is 2. The third-order valence-electron chi connectivity index (χ3n) is 4.07. The summed E-state index contributed by atoms with van der Waals surface area (Å²) in [6.07, 6.45) is 1.27. The standard InChI is InChI=1S/C20H22N2O2S2/c1-13-12-17(8-9-18(13)21-14(2)23)22-19(24)15-4-6-16(7-5-15)20-25-10-3-11-26-20/h4-9,12,20H,3,10-11H2,1-2H3,(H,21,23)(H,22,24). The number of carbonyl (C=O) groups is 2. The lowest BCUT2D eigenvalue weighted by atomic mass is 10.1. The highest BCUT2D eigenvalue weighted by molar-refractivity contribution is 8.16. The Morgan fingerprint density at radius 1 is 1.00 bits per heavy atom. The van der Waals surface area contributed by atoms with Crippen molar-refractivity contribution < 1.29 is 9.59 Å². The zero-order valence-corrected chi connectivity index (χ0v) is 16.5. The molecule has 0 atom stereocenters. The summed E-state index contributed by atoms with van der Waals surface area (Å²) in [5.41, 5.74) is 4.28. The van der Waals surface area contributed by atoms with Crippen molar-refractivity contribution in [1.29, 1.82) is 0 Å². The fraction of sp³-hybridized carbons (Fsp3) is 0.300. The molecule has 0 aliphatic carbocycles. The van der Waals surface area contributed by atoms with E-state index in [1.54, 1.807) is 12.1 Å². The molecular weight excluding hydrogens is 364 g/mol. The molecule has 4 nitrogen and oxygen atoms in total. The minimum absolute atomic E-state index is 0.112. The summed E-state index contributed by atoms with van der Waals surface area (Å²) in [7, 11) is 0. The number of benzene rings is 2. The van der Waals surface area contributed by atoms with Gasteiger partial charge in [-0.15, -0.1) is 23.5 Å². The van der Waals surface area contributed by atoms with E-state index >= 15 is 0 Å². The van der Waals surface area contributed by atoms with Gasteiger partial charge in [0.15, 0.2) is 0 Å². The number of aryl methyl sites for hydroxylation is 1. The monoisotopic (exact) mass is 386 g/mol. The van der Waals surface area contributed by atoms with E-state index in [1.165, 1.54) is 30.4 Å². The quantitative estimate of drug-likeness (QED) is 0.770. The zero-order valence-electron chi connectivity index (χ0n) is 14.9. The van der Waals surface area contributed by atoms with Crippen molar-refractivity contribution in [3.63, 3.8) is 0 Å². The van der Waals surface area contributed by atoms with E-state index in [0.29, 0.717) is 15.8 Å². The molecule has 0 saturated carbocycles. The molecule has 2 aromatic carbocycles. The first kappa shape index (κ1) is 18.9. The predicted molar refractivity (Wildman–Crippen MR) is 112 cm³/mol. The van der Waals surface area contributed by atoms with E-state index in [9.17, 15) is 9.59 Å². The molecule has 26 heavy (non-hydrogen) atoms. The number of nitrogens with one attached hydrogen (secondary N) is 2. The van der Waals surface area contributed by atoms with Crippen molar-refractivity contribution in [1.82, 2.24) is 0 Å². The van der Waals surface area contributed by atoms with Crippen LogP contribution in [0, 0.1) is 6.92 Å². The van der Waals surface area contributed by atoms with Crippen LogP contribution < -0.4 is 10.6 Å². The van der Waals surface area contributed by atoms with Crippen LogP contribution in [0.4, 0.5) is 11.4 Å². The van der Waals surface area contributed by atoms with Gasteiger partial charge in [-0.2, -0.15) is 0 Å². The predicted octanol–water partition coefficient (Wildman–Crippen LogP) is 5.07. The highest BCUT2D eigenvalue weighted by atomic mass is 32.2. The van der Waals surface area contributed by atoms with Gasteiger partial charge < -0.3 is 10.6 Å². The molecule has 0 aromatic heterocycles. The largest absolute Gasteiger partial charge is 0.326 e. The second-order valence-electron chi connectivity index (χ2n) is 6.21. The maximum absolute atomic E-state index is 12.5. The molecule has 1 aliphatic heterocycles. The molecule has 1 fully saturated rings. The van der Waals surface area contributed by atoms with E-state index in [-0.39, 0.29) is 11.8 Å². The summed E-state index contributed by atoms with van der Waals surface area (Å²) in [5, 5.41) is 5.68. The van der Waals surface area contributed by atoms with Crippen LogP contribution in [-0.4, -0.2) is 23.3 Å². The van der Waals surface area contributed by atoms with Crippen molar-refractivity contribution in [3.05, 3.63) is 59.2 Å². The molecule has 0 bridgehead atoms. The van der Waals surface area contributed by atoms with Gasteiger partial charge in [-0.25, -0.2) is 0 Å². The maximum Gasteiger partial charge on any atom is 0.255 e. The van der Waals surface area contributed by atoms with Gasteiger partial charge in [0.2, 0.25) is 5.91 Å². The summed E-state index contributed by atoms with van der Waals surface area (Å²) >= 11 is 3.95. The average Bonchev–Trinajstić information content (AvgIpc) is 2.64. The lowest BCUT2D eigenvalue weighted by molar-refractivity contribution is -0.114. The minimum atomic E-state index is -0.132. The Hall–Kier alpha value is -1.92. The summed E-state index contributed by atoms with van der Waals surface area (Å²) in [5.74, 6) is 2.16. The van der Waals surface area contributed by atoms with Crippen LogP contribution in [0.3, 0.4) is 0 Å². The first-order valence-electron chi connectivity index (χ1n) is 8.56. The van der Waals surface area contributed by atoms with Gasteiger partial charge in [0.1, 0.15) is 0 Å². The van der Waals surface area contributed by atoms with Crippen molar-refractivity contribution in [3.8, 4) is 0 Å². The van der Waals surface area contributed by atoms with Crippen molar-refractivity contribution in [2.24, 2.45) is 0 Å². The van der Waals surface area contributed by atoms with Gasteiger partial charge in [0.25, 0.3) is 5.91 Å². The zero-order chi connectivity index (χ0) is 18.5. The molecule has 6 heteroatoms. The Morgan fingerprint density at radius 2 is 1.69 bits per heavy atom. The Bertz CT molecular complexity index is 800. The highest BCUT2D eigenvalue weighted by Gasteiger charge is 2.17. The van der Waals surface area contributed by atoms with Crippen molar-refractivity contribution >= 4 is 46.7 Å². The molecule has 1 saturated heterocycles. The van der Waals surface area contributed by atoms with Crippen LogP contribution in [0.2, 0.25) is 0 Å². The molecule has 0 radical (unpaired) electrons. The third-order valence-corrected chi connectivity index (χ3v) is 7.08. The number of rotatable bonds is 4. The lowest BCUT2D eigenvalue weighted by Crippen LogP contribution is -2.13. The molecule has 136 valence electrons. The van der Waals surface area contributed by atoms with Gasteiger partial charge in [-0.3, -0.25) is 9.59 Å². The SMILES string of the molecule is CC(=O)Nc1ccc(NC(=O)c2ccc(C3SCCCS3)cc2)cc1C. The maximum atomic E-state index is 12.5. The van der Waals surface area contributed by atoms with E-state index in [0.717, 1.165) is 11.3 Å². The lowest BCUT2D eigenvalue weighted by Gasteiger charge is -2.21. The van der Waals surface area contributed by atoms with Crippen molar-refractivity contribution in [2.45, 2.75) is 24.9 Å². The van der Waals surface area contributed by atoms with E-state index < -0.39 is 0 Å². The molecule has 2 aromatic rings. The molecule has 1 aliphatic rings. The van der Waals surface area contributed by atoms with Crippen LogP contribution in [0.15, 0.2) is 42.5 Å². The summed E-state index contributed by atoms with van der Waals surface area (Å²) in [4.78, 5) is 23.7. The number of hydrogen-bond donors (Lipinski definition) is 2. The summed E-state index contributed by atoms with van der Waals surface area (Å²) < 4.78 is 0.477. The number of thioether (sulfide) groups is 2. The normalized spacial score (nSPS) is 14.7. The van der Waals surface area contributed by atoms with Crippen LogP contribution in [0.25, 0.3) is 0 Å². The Balaban J connectivity index is 1.66. The topological polar surface area (TPSA) is 58.2 Å². The summed E-state index contributed by atoms with van der Waals surface area (Å²) in [6.45, 7) is 3.37. The van der Waals surface area contributed by atoms with Gasteiger partial charge in [-0.05, 0) is 66.3 Å². The molecule has 0 spiro atoms. The molecule has 2 N–H and O–H groups in total. The highest BCUT2D eigenvalue weighted by Crippen LogP contribution is 2.43. The van der Waals surface area contributed by atoms with Gasteiger partial charge in [-0.1, -0.05) is 12.1 Å². The van der Waals surface area contributed by atoms with Crippen LogP contribution in [0.5, 0.6) is 0 Å². The Kier molecular flexibility index (Phi) is 6.27. The first-order valence-corrected chi connectivity index (χ1v) is 10.7. The van der Waals surface area contributed by atoms with Crippen molar-refractivity contribution in [2.75, 3.05) is 22.1 Å². The average molecular weight is 387 g/mol. The number of carbonyl (C=O) groups excluding carboxylic acids is 2. The van der Waals surface area contributed by atoms with Crippen LogP contribution in [-0.2, 0) is 4.79 Å². The fourth-order valence-corrected chi connectivity index (χ4v) is 5.64. The Labute approximate surface area is 162 Å². The first-order chi connectivity index (χ1) is 12.5. The second-order valence-corrected chi connectivity index (χ2v) is 8.94. The molecule has 0 unspecified atom stereocenters. The molecular formula is C20H22N2O2S2. The Morgan fingerprint density at radius 3 is 2.31 bits per heavy atom. The van der Waals surface area contributed by atoms with Gasteiger partial charge in [0, 0.05) is 23.9 Å². The minimum Gasteiger partial charge on any atom is -0.326 e. The molecule has 3 rings (SSSR count). The number of hydrogen-bond acceptors (Lipinski definition) is 4. The summed E-state index contributed by atoms with van der Waals surface area (Å²) in [6, 6.07) is 13.3. The molecule has 2 amide bonds. The smallest absolute Gasteiger partial charge is 0.255 e. The van der Waals surface area contributed by atoms with Gasteiger partial charge >= 0.3 is 0 Å². The second kappa shape index (κ2) is 8.64. The molecule has 1 heterocycles.